The molecule has 7 heteroatoms. The highest BCUT2D eigenvalue weighted by molar-refractivity contribution is 5.79. The lowest BCUT2D eigenvalue weighted by Crippen LogP contribution is -2.32. The number of amides is 1. The molecule has 1 N–H and O–H groups in total. The van der Waals surface area contributed by atoms with Crippen LogP contribution in [0.1, 0.15) is 67.1 Å². The molecule has 0 saturated heterocycles. The van der Waals surface area contributed by atoms with Gasteiger partial charge in [0.2, 0.25) is 5.91 Å². The molecule has 1 atom stereocenters. The molecular weight excluding hydrogens is 405 g/mol. The molecule has 0 aliphatic heterocycles. The first kappa shape index (κ1) is 23.6. The summed E-state index contributed by atoms with van der Waals surface area (Å²) in [5.74, 6) is 0.115. The minimum atomic E-state index is -0.290. The number of nitrogens with one attached hydrogen (secondary N) is 1. The van der Waals surface area contributed by atoms with Crippen LogP contribution in [0.15, 0.2) is 30.3 Å². The number of hydrogen-bond donors (Lipinski definition) is 1. The number of halogens is 1. The Morgan fingerprint density at radius 1 is 1.06 bits per heavy atom. The van der Waals surface area contributed by atoms with E-state index in [-0.39, 0.29) is 29.6 Å². The van der Waals surface area contributed by atoms with E-state index in [0.717, 1.165) is 40.3 Å². The van der Waals surface area contributed by atoms with Crippen molar-refractivity contribution in [3.8, 4) is 5.95 Å². The van der Waals surface area contributed by atoms with Crippen molar-refractivity contribution >= 4 is 5.91 Å². The summed E-state index contributed by atoms with van der Waals surface area (Å²) in [7, 11) is 0. The second-order valence-corrected chi connectivity index (χ2v) is 9.63. The Morgan fingerprint density at radius 2 is 1.66 bits per heavy atom. The molecule has 2 aromatic heterocycles. The molecule has 0 aliphatic carbocycles. The molecule has 3 rings (SSSR count). The summed E-state index contributed by atoms with van der Waals surface area (Å²) in [6, 6.07) is 8.03. The van der Waals surface area contributed by atoms with Gasteiger partial charge in [-0.15, -0.1) is 0 Å². The average Bonchev–Trinajstić information content (AvgIpc) is 2.94. The van der Waals surface area contributed by atoms with Crippen molar-refractivity contribution < 1.29 is 9.18 Å². The Balaban J connectivity index is 1.83. The van der Waals surface area contributed by atoms with Crippen molar-refractivity contribution in [1.29, 1.82) is 0 Å². The quantitative estimate of drug-likeness (QED) is 0.597. The Morgan fingerprint density at radius 3 is 2.22 bits per heavy atom. The van der Waals surface area contributed by atoms with Gasteiger partial charge in [-0.25, -0.2) is 19.0 Å². The maximum absolute atomic E-state index is 13.4. The Labute approximate surface area is 189 Å². The Bertz CT molecular complexity index is 1090. The van der Waals surface area contributed by atoms with Gasteiger partial charge in [-0.2, -0.15) is 5.10 Å². The third-order valence-corrected chi connectivity index (χ3v) is 5.36. The third-order valence-electron chi connectivity index (χ3n) is 5.36. The van der Waals surface area contributed by atoms with Gasteiger partial charge in [-0.3, -0.25) is 4.79 Å². The monoisotopic (exact) mass is 437 g/mol. The average molecular weight is 438 g/mol. The highest BCUT2D eigenvalue weighted by Gasteiger charge is 2.24. The van der Waals surface area contributed by atoms with E-state index in [9.17, 15) is 9.18 Å². The van der Waals surface area contributed by atoms with Crippen LogP contribution in [0.25, 0.3) is 5.95 Å². The molecule has 0 bridgehead atoms. The molecule has 1 aromatic carbocycles. The first-order valence-corrected chi connectivity index (χ1v) is 10.9. The zero-order chi connectivity index (χ0) is 23.6. The predicted molar refractivity (Wildman–Crippen MR) is 123 cm³/mol. The van der Waals surface area contributed by atoms with Gasteiger partial charge in [-0.05, 0) is 63.3 Å². The van der Waals surface area contributed by atoms with Gasteiger partial charge in [0.15, 0.2) is 0 Å². The second-order valence-electron chi connectivity index (χ2n) is 9.63. The summed E-state index contributed by atoms with van der Waals surface area (Å²) in [5, 5.41) is 7.74. The third kappa shape index (κ3) is 5.78. The van der Waals surface area contributed by atoms with Crippen LogP contribution in [0.5, 0.6) is 0 Å². The van der Waals surface area contributed by atoms with Gasteiger partial charge >= 0.3 is 0 Å². The topological polar surface area (TPSA) is 72.7 Å². The standard InChI is InChI=1S/C25H32FN5O/c1-15-12-16(2)28-24(27-15)31-18(4)21(17(3)30-31)13-23(32)29-22(14-25(5,6)7)19-8-10-20(26)11-9-19/h8-12,22H,13-14H2,1-7H3,(H,29,32). The summed E-state index contributed by atoms with van der Waals surface area (Å²) in [5.41, 5.74) is 5.09. The largest absolute Gasteiger partial charge is 0.349 e. The summed E-state index contributed by atoms with van der Waals surface area (Å²) in [4.78, 5) is 22.0. The van der Waals surface area contributed by atoms with Gasteiger partial charge in [0.1, 0.15) is 5.82 Å². The van der Waals surface area contributed by atoms with Crippen LogP contribution in [0, 0.1) is 38.9 Å². The number of carbonyl (C=O) groups excluding carboxylic acids is 1. The molecular formula is C25H32FN5O. The molecule has 0 fully saturated rings. The highest BCUT2D eigenvalue weighted by Crippen LogP contribution is 2.30. The van der Waals surface area contributed by atoms with E-state index in [1.54, 1.807) is 16.8 Å². The Hall–Kier alpha value is -3.09. The zero-order valence-electron chi connectivity index (χ0n) is 20.0. The predicted octanol–water partition coefficient (Wildman–Crippen LogP) is 4.87. The molecule has 0 radical (unpaired) electrons. The summed E-state index contributed by atoms with van der Waals surface area (Å²) >= 11 is 0. The molecule has 0 saturated carbocycles. The number of aromatic nitrogens is 4. The van der Waals surface area contributed by atoms with Crippen molar-refractivity contribution in [3.05, 3.63) is 70.1 Å². The van der Waals surface area contributed by atoms with E-state index >= 15 is 0 Å². The van der Waals surface area contributed by atoms with Crippen LogP contribution in [-0.4, -0.2) is 25.7 Å². The highest BCUT2D eigenvalue weighted by atomic mass is 19.1. The smallest absolute Gasteiger partial charge is 0.251 e. The number of carbonyl (C=O) groups is 1. The minimum absolute atomic E-state index is 0.0105. The molecule has 32 heavy (non-hydrogen) atoms. The first-order valence-electron chi connectivity index (χ1n) is 10.9. The normalized spacial score (nSPS) is 12.6. The second kappa shape index (κ2) is 9.18. The molecule has 2 heterocycles. The van der Waals surface area contributed by atoms with Crippen molar-refractivity contribution in [3.63, 3.8) is 0 Å². The van der Waals surface area contributed by atoms with Gasteiger partial charge in [-0.1, -0.05) is 32.9 Å². The van der Waals surface area contributed by atoms with Crippen LogP contribution in [0.4, 0.5) is 4.39 Å². The zero-order valence-corrected chi connectivity index (χ0v) is 20.0. The molecule has 1 amide bonds. The first-order chi connectivity index (χ1) is 14.9. The van der Waals surface area contributed by atoms with E-state index in [1.165, 1.54) is 12.1 Å². The van der Waals surface area contributed by atoms with Crippen molar-refractivity contribution in [2.24, 2.45) is 5.41 Å². The van der Waals surface area contributed by atoms with E-state index in [1.807, 2.05) is 33.8 Å². The van der Waals surface area contributed by atoms with E-state index < -0.39 is 0 Å². The van der Waals surface area contributed by atoms with Crippen molar-refractivity contribution in [2.75, 3.05) is 0 Å². The van der Waals surface area contributed by atoms with Gasteiger partial charge in [0.05, 0.1) is 18.2 Å². The van der Waals surface area contributed by atoms with Gasteiger partial charge in [0, 0.05) is 22.6 Å². The van der Waals surface area contributed by atoms with Crippen LogP contribution in [0.2, 0.25) is 0 Å². The molecule has 0 spiro atoms. The Kier molecular flexibility index (Phi) is 6.77. The lowest BCUT2D eigenvalue weighted by Gasteiger charge is -2.27. The van der Waals surface area contributed by atoms with E-state index in [0.29, 0.717) is 5.95 Å². The fourth-order valence-corrected chi connectivity index (χ4v) is 3.89. The maximum atomic E-state index is 13.4. The number of aryl methyl sites for hydroxylation is 3. The summed E-state index contributed by atoms with van der Waals surface area (Å²) in [6.07, 6.45) is 0.933. The molecule has 6 nitrogen and oxygen atoms in total. The molecule has 170 valence electrons. The molecule has 0 aliphatic rings. The minimum Gasteiger partial charge on any atom is -0.349 e. The van der Waals surface area contributed by atoms with E-state index in [4.69, 9.17) is 0 Å². The SMILES string of the molecule is Cc1cc(C)nc(-n2nc(C)c(CC(=O)NC(CC(C)(C)C)c3ccc(F)cc3)c2C)n1. The number of benzene rings is 1. The van der Waals surface area contributed by atoms with Crippen molar-refractivity contribution in [2.45, 2.75) is 67.3 Å². The summed E-state index contributed by atoms with van der Waals surface area (Å²) < 4.78 is 15.1. The summed E-state index contributed by atoms with van der Waals surface area (Å²) in [6.45, 7) is 14.0. The molecule has 3 aromatic rings. The number of rotatable bonds is 6. The fraction of sp³-hybridized carbons (Fsp3) is 0.440. The molecule has 1 unspecified atom stereocenters. The van der Waals surface area contributed by atoms with Crippen LogP contribution >= 0.6 is 0 Å². The van der Waals surface area contributed by atoms with Gasteiger partial charge < -0.3 is 5.32 Å². The lowest BCUT2D eigenvalue weighted by atomic mass is 9.85. The maximum Gasteiger partial charge on any atom is 0.251 e. The van der Waals surface area contributed by atoms with Crippen molar-refractivity contribution in [1.82, 2.24) is 25.1 Å². The fourth-order valence-electron chi connectivity index (χ4n) is 3.89. The number of nitrogens with zero attached hydrogens (tertiary/aromatic N) is 4. The number of hydrogen-bond acceptors (Lipinski definition) is 4. The van der Waals surface area contributed by atoms with Crippen LogP contribution in [0.3, 0.4) is 0 Å². The van der Waals surface area contributed by atoms with Crippen LogP contribution in [-0.2, 0) is 11.2 Å². The van der Waals surface area contributed by atoms with E-state index in [2.05, 4.69) is 41.2 Å². The van der Waals surface area contributed by atoms with Crippen LogP contribution < -0.4 is 5.32 Å². The van der Waals surface area contributed by atoms with Gasteiger partial charge in [0.25, 0.3) is 5.95 Å². The lowest BCUT2D eigenvalue weighted by molar-refractivity contribution is -0.121.